The SMILES string of the molecule is COc1ccc(-c2ccc(Cl)s2)n2nc(N)nc12. The fraction of sp³-hybridized carbons (Fsp3) is 0.0909. The molecule has 3 aromatic heterocycles. The Balaban J connectivity index is 2.30. The minimum atomic E-state index is 0.211. The predicted octanol–water partition coefficient (Wildman–Crippen LogP) is 2.70. The van der Waals surface area contributed by atoms with E-state index in [9.17, 15) is 0 Å². The number of aromatic nitrogens is 3. The number of ether oxygens (including phenoxy) is 1. The van der Waals surface area contributed by atoms with Gasteiger partial charge in [0.1, 0.15) is 0 Å². The highest BCUT2D eigenvalue weighted by atomic mass is 35.5. The van der Waals surface area contributed by atoms with Gasteiger partial charge < -0.3 is 10.5 Å². The fourth-order valence-corrected chi connectivity index (χ4v) is 2.81. The quantitative estimate of drug-likeness (QED) is 0.784. The van der Waals surface area contributed by atoms with Gasteiger partial charge in [-0.15, -0.1) is 16.4 Å². The van der Waals surface area contributed by atoms with Gasteiger partial charge in [-0.1, -0.05) is 11.6 Å². The van der Waals surface area contributed by atoms with Crippen molar-refractivity contribution in [2.75, 3.05) is 12.8 Å². The highest BCUT2D eigenvalue weighted by Gasteiger charge is 2.13. The molecule has 0 unspecified atom stereocenters. The number of halogens is 1. The maximum atomic E-state index is 5.95. The van der Waals surface area contributed by atoms with Crippen molar-refractivity contribution >= 4 is 34.5 Å². The van der Waals surface area contributed by atoms with Crippen molar-refractivity contribution in [3.8, 4) is 16.3 Å². The molecule has 92 valence electrons. The molecule has 0 saturated heterocycles. The number of fused-ring (bicyclic) bond motifs is 1. The van der Waals surface area contributed by atoms with E-state index in [-0.39, 0.29) is 5.95 Å². The second-order valence-corrected chi connectivity index (χ2v) is 5.31. The number of nitrogens with zero attached hydrogens (tertiary/aromatic N) is 3. The van der Waals surface area contributed by atoms with Gasteiger partial charge in [0, 0.05) is 0 Å². The molecular weight excluding hydrogens is 272 g/mol. The molecule has 18 heavy (non-hydrogen) atoms. The van der Waals surface area contributed by atoms with Crippen LogP contribution in [-0.2, 0) is 0 Å². The summed E-state index contributed by atoms with van der Waals surface area (Å²) in [7, 11) is 1.59. The van der Waals surface area contributed by atoms with Crippen molar-refractivity contribution < 1.29 is 4.74 Å². The molecular formula is C11H9ClN4OS. The summed E-state index contributed by atoms with van der Waals surface area (Å²) < 4.78 is 7.62. The number of pyridine rings is 1. The van der Waals surface area contributed by atoms with Crippen LogP contribution in [0.25, 0.3) is 16.2 Å². The molecule has 0 aliphatic rings. The first-order valence-corrected chi connectivity index (χ1v) is 6.33. The van der Waals surface area contributed by atoms with Crippen LogP contribution in [0.4, 0.5) is 5.95 Å². The molecule has 0 aliphatic carbocycles. The molecule has 5 nitrogen and oxygen atoms in total. The second kappa shape index (κ2) is 4.15. The Hall–Kier alpha value is -1.79. The Labute approximate surface area is 112 Å². The molecule has 0 spiro atoms. The number of methoxy groups -OCH3 is 1. The largest absolute Gasteiger partial charge is 0.493 e. The standard InChI is InChI=1S/C11H9ClN4OS/c1-17-7-3-2-6(8-4-5-9(12)18-8)16-10(7)14-11(13)15-16/h2-5H,1H3,(H2,13,15). The average Bonchev–Trinajstić information content (AvgIpc) is 2.93. The minimum Gasteiger partial charge on any atom is -0.493 e. The monoisotopic (exact) mass is 280 g/mol. The normalized spacial score (nSPS) is 11.0. The van der Waals surface area contributed by atoms with Crippen LogP contribution < -0.4 is 10.5 Å². The molecule has 0 radical (unpaired) electrons. The second-order valence-electron chi connectivity index (χ2n) is 3.60. The zero-order chi connectivity index (χ0) is 12.7. The summed E-state index contributed by atoms with van der Waals surface area (Å²) >= 11 is 7.42. The summed E-state index contributed by atoms with van der Waals surface area (Å²) in [5.74, 6) is 0.842. The maximum absolute atomic E-state index is 5.95. The van der Waals surface area contributed by atoms with Crippen LogP contribution in [0.2, 0.25) is 4.34 Å². The van der Waals surface area contributed by atoms with E-state index in [1.807, 2.05) is 24.3 Å². The van der Waals surface area contributed by atoms with Crippen LogP contribution in [0.3, 0.4) is 0 Å². The van der Waals surface area contributed by atoms with E-state index in [2.05, 4.69) is 10.1 Å². The lowest BCUT2D eigenvalue weighted by Gasteiger charge is -2.05. The molecule has 3 aromatic rings. The van der Waals surface area contributed by atoms with Gasteiger partial charge in [-0.25, -0.2) is 4.52 Å². The third kappa shape index (κ3) is 1.70. The average molecular weight is 281 g/mol. The lowest BCUT2D eigenvalue weighted by Crippen LogP contribution is -1.96. The number of anilines is 1. The van der Waals surface area contributed by atoms with Gasteiger partial charge in [-0.3, -0.25) is 0 Å². The molecule has 0 atom stereocenters. The molecule has 0 bridgehead atoms. The van der Waals surface area contributed by atoms with E-state index in [1.54, 1.807) is 11.6 Å². The molecule has 7 heteroatoms. The molecule has 0 aliphatic heterocycles. The van der Waals surface area contributed by atoms with Crippen LogP contribution >= 0.6 is 22.9 Å². The zero-order valence-corrected chi connectivity index (χ0v) is 11.0. The maximum Gasteiger partial charge on any atom is 0.240 e. The highest BCUT2D eigenvalue weighted by Crippen LogP contribution is 2.33. The first-order valence-electron chi connectivity index (χ1n) is 5.14. The summed E-state index contributed by atoms with van der Waals surface area (Å²) in [5, 5.41) is 4.17. The van der Waals surface area contributed by atoms with Crippen molar-refractivity contribution in [1.29, 1.82) is 0 Å². The Morgan fingerprint density at radius 1 is 1.33 bits per heavy atom. The topological polar surface area (TPSA) is 65.4 Å². The molecule has 0 fully saturated rings. The van der Waals surface area contributed by atoms with Crippen LogP contribution in [-0.4, -0.2) is 21.7 Å². The van der Waals surface area contributed by atoms with Crippen molar-refractivity contribution in [2.24, 2.45) is 0 Å². The van der Waals surface area contributed by atoms with E-state index in [4.69, 9.17) is 22.1 Å². The fourth-order valence-electron chi connectivity index (χ4n) is 1.75. The van der Waals surface area contributed by atoms with E-state index >= 15 is 0 Å². The number of hydrogen-bond acceptors (Lipinski definition) is 5. The first kappa shape index (κ1) is 11.3. The minimum absolute atomic E-state index is 0.211. The highest BCUT2D eigenvalue weighted by molar-refractivity contribution is 7.19. The third-order valence-electron chi connectivity index (χ3n) is 2.51. The van der Waals surface area contributed by atoms with Crippen LogP contribution in [0, 0.1) is 0 Å². The summed E-state index contributed by atoms with van der Waals surface area (Å²) in [5.41, 5.74) is 7.12. The number of hydrogen-bond donors (Lipinski definition) is 1. The van der Waals surface area contributed by atoms with Gasteiger partial charge >= 0.3 is 0 Å². The smallest absolute Gasteiger partial charge is 0.240 e. The number of nitrogen functional groups attached to an aromatic ring is 1. The van der Waals surface area contributed by atoms with Crippen LogP contribution in [0.5, 0.6) is 5.75 Å². The van der Waals surface area contributed by atoms with Gasteiger partial charge in [0.05, 0.1) is 22.0 Å². The molecule has 3 rings (SSSR count). The Kier molecular flexibility index (Phi) is 2.61. The lowest BCUT2D eigenvalue weighted by atomic mass is 10.3. The summed E-state index contributed by atoms with van der Waals surface area (Å²) in [6.07, 6.45) is 0. The van der Waals surface area contributed by atoms with E-state index in [1.165, 1.54) is 11.3 Å². The number of rotatable bonds is 2. The molecule has 2 N–H and O–H groups in total. The van der Waals surface area contributed by atoms with Gasteiger partial charge in [-0.05, 0) is 24.3 Å². The molecule has 0 aromatic carbocycles. The Morgan fingerprint density at radius 2 is 2.17 bits per heavy atom. The van der Waals surface area contributed by atoms with Gasteiger partial charge in [0.25, 0.3) is 0 Å². The Morgan fingerprint density at radius 3 is 2.83 bits per heavy atom. The summed E-state index contributed by atoms with van der Waals surface area (Å²) in [6.45, 7) is 0. The lowest BCUT2D eigenvalue weighted by molar-refractivity contribution is 0.416. The van der Waals surface area contributed by atoms with Crippen molar-refractivity contribution in [1.82, 2.24) is 14.6 Å². The molecule has 0 amide bonds. The van der Waals surface area contributed by atoms with Gasteiger partial charge in [-0.2, -0.15) is 4.98 Å². The third-order valence-corrected chi connectivity index (χ3v) is 3.76. The Bertz CT molecular complexity index is 721. The molecule has 3 heterocycles. The zero-order valence-electron chi connectivity index (χ0n) is 9.42. The predicted molar refractivity (Wildman–Crippen MR) is 72.3 cm³/mol. The van der Waals surface area contributed by atoms with E-state index < -0.39 is 0 Å². The number of nitrogens with two attached hydrogens (primary N) is 1. The van der Waals surface area contributed by atoms with Gasteiger partial charge in [0.15, 0.2) is 11.4 Å². The van der Waals surface area contributed by atoms with Gasteiger partial charge in [0.2, 0.25) is 5.95 Å². The van der Waals surface area contributed by atoms with Crippen molar-refractivity contribution in [3.63, 3.8) is 0 Å². The molecule has 0 saturated carbocycles. The van der Waals surface area contributed by atoms with Crippen LogP contribution in [0.1, 0.15) is 0 Å². The van der Waals surface area contributed by atoms with E-state index in [0.29, 0.717) is 11.4 Å². The summed E-state index contributed by atoms with van der Waals surface area (Å²) in [4.78, 5) is 5.15. The summed E-state index contributed by atoms with van der Waals surface area (Å²) in [6, 6.07) is 7.53. The van der Waals surface area contributed by atoms with E-state index in [0.717, 1.165) is 14.9 Å². The van der Waals surface area contributed by atoms with Crippen molar-refractivity contribution in [2.45, 2.75) is 0 Å². The van der Waals surface area contributed by atoms with Crippen molar-refractivity contribution in [3.05, 3.63) is 28.6 Å². The van der Waals surface area contributed by atoms with Crippen LogP contribution in [0.15, 0.2) is 24.3 Å². The number of thiophene rings is 1. The first-order chi connectivity index (χ1) is 8.69.